The molecule has 1 aliphatic carbocycles. The van der Waals surface area contributed by atoms with Gasteiger partial charge in [0.05, 0.1) is 4.92 Å². The van der Waals surface area contributed by atoms with Crippen LogP contribution in [0.3, 0.4) is 0 Å². The lowest BCUT2D eigenvalue weighted by Gasteiger charge is -2.35. The van der Waals surface area contributed by atoms with Gasteiger partial charge in [0.25, 0.3) is 11.6 Å². The Bertz CT molecular complexity index is 662. The Morgan fingerprint density at radius 2 is 1.64 bits per heavy atom. The number of carbonyl (C=O) groups excluding carboxylic acids is 2. The molecule has 0 radical (unpaired) electrons. The van der Waals surface area contributed by atoms with Crippen molar-refractivity contribution < 1.29 is 14.5 Å². The van der Waals surface area contributed by atoms with Crippen LogP contribution in [0.15, 0.2) is 24.3 Å². The largest absolute Gasteiger partial charge is 0.339 e. The molecule has 0 N–H and O–H groups in total. The van der Waals surface area contributed by atoms with Gasteiger partial charge in [-0.2, -0.15) is 0 Å². The first-order valence-corrected chi connectivity index (χ1v) is 8.86. The maximum Gasteiger partial charge on any atom is 0.282 e. The van der Waals surface area contributed by atoms with E-state index in [1.165, 1.54) is 25.0 Å². The summed E-state index contributed by atoms with van der Waals surface area (Å²) in [6.07, 6.45) is 5.33. The van der Waals surface area contributed by atoms with Crippen LogP contribution in [-0.2, 0) is 4.79 Å². The van der Waals surface area contributed by atoms with Gasteiger partial charge in [-0.05, 0) is 24.8 Å². The van der Waals surface area contributed by atoms with Gasteiger partial charge in [0.15, 0.2) is 0 Å². The number of hydrogen-bond acceptors (Lipinski definition) is 4. The molecule has 0 spiro atoms. The van der Waals surface area contributed by atoms with Gasteiger partial charge < -0.3 is 9.80 Å². The number of amides is 2. The van der Waals surface area contributed by atoms with Crippen LogP contribution < -0.4 is 0 Å². The van der Waals surface area contributed by atoms with Crippen LogP contribution in [0.5, 0.6) is 0 Å². The Balaban J connectivity index is 1.57. The first-order valence-electron chi connectivity index (χ1n) is 8.86. The van der Waals surface area contributed by atoms with E-state index in [0.29, 0.717) is 38.5 Å². The molecular weight excluding hydrogens is 322 g/mol. The summed E-state index contributed by atoms with van der Waals surface area (Å²) in [4.78, 5) is 39.0. The highest BCUT2D eigenvalue weighted by molar-refractivity contribution is 5.98. The summed E-state index contributed by atoms with van der Waals surface area (Å²) < 4.78 is 0. The van der Waals surface area contributed by atoms with Crippen molar-refractivity contribution in [2.24, 2.45) is 5.92 Å². The molecule has 1 heterocycles. The first kappa shape index (κ1) is 17.4. The molecule has 2 aliphatic rings. The van der Waals surface area contributed by atoms with Gasteiger partial charge in [0.1, 0.15) is 5.56 Å². The highest BCUT2D eigenvalue weighted by atomic mass is 16.6. The van der Waals surface area contributed by atoms with Gasteiger partial charge in [-0.25, -0.2) is 0 Å². The highest BCUT2D eigenvalue weighted by Crippen LogP contribution is 2.28. The van der Waals surface area contributed by atoms with E-state index >= 15 is 0 Å². The van der Waals surface area contributed by atoms with Gasteiger partial charge in [0, 0.05) is 38.7 Å². The fourth-order valence-corrected chi connectivity index (χ4v) is 3.73. The summed E-state index contributed by atoms with van der Waals surface area (Å²) in [7, 11) is 0. The number of nitrogens with zero attached hydrogens (tertiary/aromatic N) is 3. The predicted molar refractivity (Wildman–Crippen MR) is 92.2 cm³/mol. The van der Waals surface area contributed by atoms with Crippen LogP contribution >= 0.6 is 0 Å². The van der Waals surface area contributed by atoms with E-state index in [9.17, 15) is 19.7 Å². The third kappa shape index (κ3) is 3.97. The Morgan fingerprint density at radius 3 is 2.28 bits per heavy atom. The standard InChI is InChI=1S/C18H23N3O4/c22-17(13-14-5-1-2-6-14)19-9-11-20(12-10-19)18(23)15-7-3-4-8-16(15)21(24)25/h3-4,7-8,14H,1-2,5-6,9-13H2. The Kier molecular flexibility index (Phi) is 5.31. The quantitative estimate of drug-likeness (QED) is 0.620. The summed E-state index contributed by atoms with van der Waals surface area (Å²) in [5.41, 5.74) is -0.0644. The first-order chi connectivity index (χ1) is 12.1. The normalized spacial score (nSPS) is 18.4. The van der Waals surface area contributed by atoms with Crippen molar-refractivity contribution in [3.8, 4) is 0 Å². The Morgan fingerprint density at radius 1 is 1.04 bits per heavy atom. The lowest BCUT2D eigenvalue weighted by molar-refractivity contribution is -0.385. The van der Waals surface area contributed by atoms with Crippen LogP contribution in [0.2, 0.25) is 0 Å². The van der Waals surface area contributed by atoms with E-state index < -0.39 is 4.92 Å². The van der Waals surface area contributed by atoms with E-state index in [0.717, 1.165) is 12.8 Å². The lowest BCUT2D eigenvalue weighted by atomic mass is 10.0. The maximum atomic E-state index is 12.6. The third-order valence-corrected chi connectivity index (χ3v) is 5.19. The van der Waals surface area contributed by atoms with Crippen LogP contribution in [0.4, 0.5) is 5.69 Å². The number of hydrogen-bond donors (Lipinski definition) is 0. The summed E-state index contributed by atoms with van der Waals surface area (Å²) in [6, 6.07) is 6.00. The van der Waals surface area contributed by atoms with E-state index in [-0.39, 0.29) is 23.1 Å². The van der Waals surface area contributed by atoms with E-state index in [1.807, 2.05) is 4.90 Å². The topological polar surface area (TPSA) is 83.8 Å². The number of para-hydroxylation sites is 1. The molecule has 7 nitrogen and oxygen atoms in total. The number of rotatable bonds is 4. The molecule has 0 atom stereocenters. The molecule has 0 bridgehead atoms. The molecule has 1 aromatic carbocycles. The van der Waals surface area contributed by atoms with Crippen molar-refractivity contribution in [1.29, 1.82) is 0 Å². The number of nitro groups is 1. The molecule has 1 saturated carbocycles. The minimum atomic E-state index is -0.533. The van der Waals surface area contributed by atoms with Gasteiger partial charge in [0.2, 0.25) is 5.91 Å². The van der Waals surface area contributed by atoms with Crippen LogP contribution in [0.1, 0.15) is 42.5 Å². The van der Waals surface area contributed by atoms with E-state index in [4.69, 9.17) is 0 Å². The highest BCUT2D eigenvalue weighted by Gasteiger charge is 2.29. The molecule has 1 aromatic rings. The molecule has 25 heavy (non-hydrogen) atoms. The van der Waals surface area contributed by atoms with E-state index in [2.05, 4.69) is 0 Å². The molecule has 0 unspecified atom stereocenters. The average molecular weight is 345 g/mol. The number of carbonyl (C=O) groups is 2. The number of nitro benzene ring substituents is 1. The van der Waals surface area contributed by atoms with Gasteiger partial charge >= 0.3 is 0 Å². The zero-order chi connectivity index (χ0) is 17.8. The lowest BCUT2D eigenvalue weighted by Crippen LogP contribution is -2.50. The Labute approximate surface area is 146 Å². The summed E-state index contributed by atoms with van der Waals surface area (Å²) in [5.74, 6) is 0.346. The zero-order valence-electron chi connectivity index (χ0n) is 14.2. The number of benzene rings is 1. The van der Waals surface area contributed by atoms with Crippen molar-refractivity contribution in [2.45, 2.75) is 32.1 Å². The van der Waals surface area contributed by atoms with Gasteiger partial charge in [-0.1, -0.05) is 25.0 Å². The summed E-state index contributed by atoms with van der Waals surface area (Å²) in [6.45, 7) is 1.83. The van der Waals surface area contributed by atoms with Gasteiger partial charge in [-0.15, -0.1) is 0 Å². The predicted octanol–water partition coefficient (Wildman–Crippen LogP) is 2.46. The third-order valence-electron chi connectivity index (χ3n) is 5.19. The minimum absolute atomic E-state index is 0.109. The van der Waals surface area contributed by atoms with Crippen LogP contribution in [0, 0.1) is 16.0 Å². The molecule has 0 aromatic heterocycles. The Hall–Kier alpha value is -2.44. The van der Waals surface area contributed by atoms with Crippen molar-refractivity contribution in [3.05, 3.63) is 39.9 Å². The van der Waals surface area contributed by atoms with Crippen molar-refractivity contribution in [3.63, 3.8) is 0 Å². The van der Waals surface area contributed by atoms with E-state index in [1.54, 1.807) is 17.0 Å². The minimum Gasteiger partial charge on any atom is -0.339 e. The maximum absolute atomic E-state index is 12.6. The van der Waals surface area contributed by atoms with Crippen molar-refractivity contribution >= 4 is 17.5 Å². The van der Waals surface area contributed by atoms with Crippen molar-refractivity contribution in [2.75, 3.05) is 26.2 Å². The summed E-state index contributed by atoms with van der Waals surface area (Å²) >= 11 is 0. The molecule has 1 aliphatic heterocycles. The molecule has 134 valence electrons. The molecular formula is C18H23N3O4. The average Bonchev–Trinajstić information content (AvgIpc) is 3.14. The van der Waals surface area contributed by atoms with Crippen LogP contribution in [-0.4, -0.2) is 52.7 Å². The second-order valence-electron chi connectivity index (χ2n) is 6.80. The monoisotopic (exact) mass is 345 g/mol. The molecule has 2 fully saturated rings. The second kappa shape index (κ2) is 7.63. The fourth-order valence-electron chi connectivity index (χ4n) is 3.73. The molecule has 3 rings (SSSR count). The van der Waals surface area contributed by atoms with Crippen molar-refractivity contribution in [1.82, 2.24) is 9.80 Å². The van der Waals surface area contributed by atoms with Crippen LogP contribution in [0.25, 0.3) is 0 Å². The number of piperazine rings is 1. The van der Waals surface area contributed by atoms with Gasteiger partial charge in [-0.3, -0.25) is 19.7 Å². The molecule has 7 heteroatoms. The smallest absolute Gasteiger partial charge is 0.282 e. The zero-order valence-corrected chi connectivity index (χ0v) is 14.2. The second-order valence-corrected chi connectivity index (χ2v) is 6.80. The molecule has 2 amide bonds. The summed E-state index contributed by atoms with van der Waals surface area (Å²) in [5, 5.41) is 11.1. The molecule has 1 saturated heterocycles. The fraction of sp³-hybridized carbons (Fsp3) is 0.556. The SMILES string of the molecule is O=C(CC1CCCC1)N1CCN(C(=O)c2ccccc2[N+](=O)[O-])CC1.